The zero-order valence-corrected chi connectivity index (χ0v) is 8.19. The van der Waals surface area contributed by atoms with Gasteiger partial charge in [0.15, 0.2) is 0 Å². The van der Waals surface area contributed by atoms with Gasteiger partial charge in [0.25, 0.3) is 0 Å². The third kappa shape index (κ3) is 4.33. The van der Waals surface area contributed by atoms with Crippen molar-refractivity contribution in [3.8, 4) is 23.7 Å². The lowest BCUT2D eigenvalue weighted by Crippen LogP contribution is -1.95. The fourth-order valence-electron chi connectivity index (χ4n) is 0.771. The molecule has 1 saturated heterocycles. The first-order valence-electron chi connectivity index (χ1n) is 4.30. The topological polar surface area (TPSA) is 59.1 Å². The summed E-state index contributed by atoms with van der Waals surface area (Å²) in [7, 11) is 1.29. The van der Waals surface area contributed by atoms with Crippen LogP contribution in [0.5, 0.6) is 0 Å². The molecule has 1 heterocycles. The van der Waals surface area contributed by atoms with Gasteiger partial charge in [-0.25, -0.2) is 4.79 Å². The lowest BCUT2D eigenvalue weighted by Gasteiger charge is -1.84. The summed E-state index contributed by atoms with van der Waals surface area (Å²) in [5.74, 6) is 9.86. The molecule has 0 aromatic heterocycles. The zero-order valence-electron chi connectivity index (χ0n) is 8.19. The van der Waals surface area contributed by atoms with Crippen molar-refractivity contribution in [3.05, 3.63) is 12.2 Å². The summed E-state index contributed by atoms with van der Waals surface area (Å²) in [6.45, 7) is -0.0188. The number of ether oxygens (including phenoxy) is 2. The quantitative estimate of drug-likeness (QED) is 0.286. The van der Waals surface area contributed by atoms with E-state index in [2.05, 4.69) is 28.4 Å². The minimum Gasteiger partial charge on any atom is -0.466 e. The smallest absolute Gasteiger partial charge is 0.331 e. The third-order valence-electron chi connectivity index (χ3n) is 1.62. The first-order valence-corrected chi connectivity index (χ1v) is 4.30. The van der Waals surface area contributed by atoms with E-state index in [0.29, 0.717) is 0 Å². The summed E-state index contributed by atoms with van der Waals surface area (Å²) in [4.78, 5) is 10.6. The molecule has 0 amide bonds. The van der Waals surface area contributed by atoms with E-state index in [4.69, 9.17) is 9.84 Å². The average Bonchev–Trinajstić information content (AvgIpc) is 3.01. The van der Waals surface area contributed by atoms with Crippen LogP contribution in [0.25, 0.3) is 0 Å². The van der Waals surface area contributed by atoms with E-state index in [0.717, 1.165) is 0 Å². The van der Waals surface area contributed by atoms with Gasteiger partial charge in [0.2, 0.25) is 0 Å². The first-order chi connectivity index (χ1) is 7.27. The molecule has 0 aromatic carbocycles. The second-order valence-electron chi connectivity index (χ2n) is 2.67. The summed E-state index contributed by atoms with van der Waals surface area (Å²) in [6.07, 6.45) is 2.20. The molecule has 0 bridgehead atoms. The van der Waals surface area contributed by atoms with Gasteiger partial charge in [-0.1, -0.05) is 11.8 Å². The molecule has 1 aliphatic rings. The highest BCUT2D eigenvalue weighted by Crippen LogP contribution is 2.19. The molecule has 15 heavy (non-hydrogen) atoms. The first kappa shape index (κ1) is 11.3. The van der Waals surface area contributed by atoms with E-state index < -0.39 is 5.97 Å². The summed E-state index contributed by atoms with van der Waals surface area (Å²) in [5, 5.41) is 8.61. The van der Waals surface area contributed by atoms with E-state index in [9.17, 15) is 4.79 Å². The van der Waals surface area contributed by atoms with Crippen molar-refractivity contribution in [1.29, 1.82) is 0 Å². The number of esters is 1. The molecule has 1 rings (SSSR count). The minimum atomic E-state index is -0.455. The molecule has 4 heteroatoms. The molecule has 0 aliphatic carbocycles. The van der Waals surface area contributed by atoms with Crippen LogP contribution in [0.2, 0.25) is 0 Å². The summed E-state index contributed by atoms with van der Waals surface area (Å²) >= 11 is 0. The second kappa shape index (κ2) is 5.87. The summed E-state index contributed by atoms with van der Waals surface area (Å²) in [5.41, 5.74) is 0. The van der Waals surface area contributed by atoms with Crippen LogP contribution in [0.15, 0.2) is 12.2 Å². The molecule has 1 fully saturated rings. The molecule has 4 nitrogen and oxygen atoms in total. The van der Waals surface area contributed by atoms with Crippen molar-refractivity contribution in [1.82, 2.24) is 0 Å². The number of aliphatic hydroxyl groups excluding tert-OH is 1. The third-order valence-corrected chi connectivity index (χ3v) is 1.62. The van der Waals surface area contributed by atoms with Crippen LogP contribution >= 0.6 is 0 Å². The highest BCUT2D eigenvalue weighted by molar-refractivity contribution is 5.82. The molecule has 1 aliphatic heterocycles. The molecule has 0 saturated carbocycles. The van der Waals surface area contributed by atoms with E-state index >= 15 is 0 Å². The zero-order chi connectivity index (χ0) is 11.1. The minimum absolute atomic E-state index is 0.0188. The number of hydrogen-bond acceptors (Lipinski definition) is 4. The van der Waals surface area contributed by atoms with E-state index in [1.807, 2.05) is 0 Å². The lowest BCUT2D eigenvalue weighted by atomic mass is 10.3. The highest BCUT2D eigenvalue weighted by atomic mass is 16.6. The van der Waals surface area contributed by atoms with E-state index in [-0.39, 0.29) is 18.8 Å². The molecule has 78 valence electrons. The number of aliphatic hydroxyl groups is 1. The fraction of sp³-hybridized carbons (Fsp3) is 0.364. The molecule has 2 unspecified atom stereocenters. The maximum absolute atomic E-state index is 10.6. The SMILES string of the molecule is COC(=O)/C=C\C#CC#CC1OC1CO. The molecule has 1 N–H and O–H groups in total. The van der Waals surface area contributed by atoms with Crippen LogP contribution in [0.1, 0.15) is 0 Å². The Morgan fingerprint density at radius 2 is 2.40 bits per heavy atom. The Labute approximate surface area is 87.9 Å². The van der Waals surface area contributed by atoms with Crippen LogP contribution in [-0.2, 0) is 14.3 Å². The predicted molar refractivity (Wildman–Crippen MR) is 52.5 cm³/mol. The number of epoxide rings is 1. The van der Waals surface area contributed by atoms with E-state index in [1.165, 1.54) is 19.3 Å². The summed E-state index contributed by atoms with van der Waals surface area (Å²) < 4.78 is 9.30. The van der Waals surface area contributed by atoms with Gasteiger partial charge in [0.1, 0.15) is 12.2 Å². The van der Waals surface area contributed by atoms with Crippen LogP contribution < -0.4 is 0 Å². The summed E-state index contributed by atoms with van der Waals surface area (Å²) in [6, 6.07) is 0. The van der Waals surface area contributed by atoms with Gasteiger partial charge in [-0.3, -0.25) is 0 Å². The van der Waals surface area contributed by atoms with Gasteiger partial charge in [-0.15, -0.1) is 0 Å². The molecule has 2 atom stereocenters. The largest absolute Gasteiger partial charge is 0.466 e. The molecule has 0 radical (unpaired) electrons. The Kier molecular flexibility index (Phi) is 4.43. The monoisotopic (exact) mass is 206 g/mol. The van der Waals surface area contributed by atoms with Crippen molar-refractivity contribution in [3.63, 3.8) is 0 Å². The van der Waals surface area contributed by atoms with Gasteiger partial charge in [-0.2, -0.15) is 0 Å². The maximum Gasteiger partial charge on any atom is 0.331 e. The molecule has 0 spiro atoms. The van der Waals surface area contributed by atoms with Gasteiger partial charge >= 0.3 is 5.97 Å². The van der Waals surface area contributed by atoms with Crippen molar-refractivity contribution in [2.45, 2.75) is 12.2 Å². The number of allylic oxidation sites excluding steroid dienone is 1. The van der Waals surface area contributed by atoms with Crippen LogP contribution in [0.3, 0.4) is 0 Å². The van der Waals surface area contributed by atoms with Crippen LogP contribution in [-0.4, -0.2) is 37.0 Å². The predicted octanol–water partition coefficient (Wildman–Crippen LogP) is -0.518. The Morgan fingerprint density at radius 1 is 1.60 bits per heavy atom. The van der Waals surface area contributed by atoms with Gasteiger partial charge in [0, 0.05) is 6.08 Å². The average molecular weight is 206 g/mol. The maximum atomic E-state index is 10.6. The Morgan fingerprint density at radius 3 is 3.00 bits per heavy atom. The highest BCUT2D eigenvalue weighted by Gasteiger charge is 2.36. The van der Waals surface area contributed by atoms with Gasteiger partial charge in [-0.05, 0) is 17.9 Å². The lowest BCUT2D eigenvalue weighted by molar-refractivity contribution is -0.134. The Balaban J connectivity index is 2.28. The fourth-order valence-corrected chi connectivity index (χ4v) is 0.771. The van der Waals surface area contributed by atoms with Crippen molar-refractivity contribution in [2.24, 2.45) is 0 Å². The molecule has 0 aromatic rings. The van der Waals surface area contributed by atoms with Crippen molar-refractivity contribution >= 4 is 5.97 Å². The van der Waals surface area contributed by atoms with Crippen LogP contribution in [0, 0.1) is 23.7 Å². The van der Waals surface area contributed by atoms with Gasteiger partial charge in [0.05, 0.1) is 13.7 Å². The van der Waals surface area contributed by atoms with Crippen LogP contribution in [0.4, 0.5) is 0 Å². The molecular formula is C11H10O4. The van der Waals surface area contributed by atoms with Crippen molar-refractivity contribution < 1.29 is 19.4 Å². The Hall–Kier alpha value is -1.75. The standard InChI is InChI=1S/C11H10O4/c1-14-11(13)7-5-3-2-4-6-9-10(8-12)15-9/h5,7,9-10,12H,8H2,1H3/b7-5-. The Bertz CT molecular complexity index is 375. The number of methoxy groups -OCH3 is 1. The number of hydrogen-bond donors (Lipinski definition) is 1. The second-order valence-corrected chi connectivity index (χ2v) is 2.67. The number of rotatable bonds is 2. The van der Waals surface area contributed by atoms with Gasteiger partial charge < -0.3 is 14.6 Å². The van der Waals surface area contributed by atoms with Crippen molar-refractivity contribution in [2.75, 3.05) is 13.7 Å². The van der Waals surface area contributed by atoms with E-state index in [1.54, 1.807) is 0 Å². The normalized spacial score (nSPS) is 22.3. The number of carbonyl (C=O) groups is 1. The molecular weight excluding hydrogens is 196 g/mol. The number of carbonyl (C=O) groups excluding carboxylic acids is 1.